The zero-order valence-corrected chi connectivity index (χ0v) is 10.1. The molecule has 1 aliphatic carbocycles. The Hall–Kier alpha value is -1.85. The molecule has 0 spiro atoms. The number of rotatable bonds is 5. The van der Waals surface area contributed by atoms with Crippen LogP contribution in [0.3, 0.4) is 0 Å². The van der Waals surface area contributed by atoms with Crippen LogP contribution in [-0.2, 0) is 4.79 Å². The normalized spacial score (nSPS) is 14.2. The molecule has 2 N–H and O–H groups in total. The van der Waals surface area contributed by atoms with Crippen molar-refractivity contribution in [3.8, 4) is 0 Å². The number of amides is 1. The van der Waals surface area contributed by atoms with Crippen LogP contribution in [0.1, 0.15) is 12.8 Å². The van der Waals surface area contributed by atoms with Gasteiger partial charge >= 0.3 is 0 Å². The molecule has 0 atom stereocenters. The number of hydrogen-bond acceptors (Lipinski definition) is 5. The van der Waals surface area contributed by atoms with Gasteiger partial charge < -0.3 is 15.5 Å². The maximum atomic E-state index is 11.6. The summed E-state index contributed by atoms with van der Waals surface area (Å²) in [6.45, 7) is 0.316. The van der Waals surface area contributed by atoms with Gasteiger partial charge in [-0.3, -0.25) is 4.79 Å². The average Bonchev–Trinajstić information content (AvgIpc) is 3.12. The summed E-state index contributed by atoms with van der Waals surface area (Å²) in [7, 11) is 3.64. The lowest BCUT2D eigenvalue weighted by Crippen LogP contribution is -2.36. The molecule has 1 heterocycles. The first-order valence-electron chi connectivity index (χ1n) is 5.69. The van der Waals surface area contributed by atoms with Crippen LogP contribution >= 0.6 is 0 Å². The number of hydrogen-bond donors (Lipinski definition) is 2. The first-order chi connectivity index (χ1) is 8.19. The second kappa shape index (κ2) is 4.99. The highest BCUT2D eigenvalue weighted by atomic mass is 16.2. The maximum Gasteiger partial charge on any atom is 0.239 e. The summed E-state index contributed by atoms with van der Waals surface area (Å²) in [6, 6.07) is 2.21. The fraction of sp³-hybridized carbons (Fsp3) is 0.545. The van der Waals surface area contributed by atoms with Crippen molar-refractivity contribution in [1.29, 1.82) is 0 Å². The van der Waals surface area contributed by atoms with E-state index in [0.717, 1.165) is 24.5 Å². The molecule has 92 valence electrons. The SMILES string of the molecule is CNc1cc(N(C)CC(=O)NC2CC2)ncn1. The lowest BCUT2D eigenvalue weighted by molar-refractivity contribution is -0.119. The van der Waals surface area contributed by atoms with E-state index in [0.29, 0.717) is 12.6 Å². The van der Waals surface area contributed by atoms with E-state index in [4.69, 9.17) is 0 Å². The van der Waals surface area contributed by atoms with Crippen LogP contribution in [0.2, 0.25) is 0 Å². The van der Waals surface area contributed by atoms with Gasteiger partial charge in [0.25, 0.3) is 0 Å². The van der Waals surface area contributed by atoms with Gasteiger partial charge in [0, 0.05) is 26.2 Å². The van der Waals surface area contributed by atoms with Gasteiger partial charge in [-0.15, -0.1) is 0 Å². The van der Waals surface area contributed by atoms with E-state index < -0.39 is 0 Å². The number of nitrogens with zero attached hydrogens (tertiary/aromatic N) is 3. The van der Waals surface area contributed by atoms with Gasteiger partial charge in [0.1, 0.15) is 18.0 Å². The summed E-state index contributed by atoms with van der Waals surface area (Å²) in [6.07, 6.45) is 3.69. The number of carbonyl (C=O) groups excluding carboxylic acids is 1. The highest BCUT2D eigenvalue weighted by molar-refractivity contribution is 5.81. The number of likely N-dealkylation sites (N-methyl/N-ethyl adjacent to an activating group) is 1. The summed E-state index contributed by atoms with van der Waals surface area (Å²) in [5.41, 5.74) is 0. The van der Waals surface area contributed by atoms with Crippen LogP contribution in [-0.4, -0.2) is 42.6 Å². The third-order valence-electron chi connectivity index (χ3n) is 2.62. The summed E-state index contributed by atoms with van der Waals surface area (Å²) in [5, 5.41) is 5.88. The predicted octanol–water partition coefficient (Wildman–Crippen LogP) is 0.233. The van der Waals surface area contributed by atoms with E-state index in [2.05, 4.69) is 20.6 Å². The Balaban J connectivity index is 1.92. The molecular weight excluding hydrogens is 218 g/mol. The van der Waals surface area contributed by atoms with E-state index in [1.807, 2.05) is 13.1 Å². The van der Waals surface area contributed by atoms with Crippen LogP contribution in [0, 0.1) is 0 Å². The van der Waals surface area contributed by atoms with Crippen molar-refractivity contribution < 1.29 is 4.79 Å². The van der Waals surface area contributed by atoms with E-state index >= 15 is 0 Å². The molecule has 0 bridgehead atoms. The van der Waals surface area contributed by atoms with Crippen LogP contribution in [0.5, 0.6) is 0 Å². The second-order valence-electron chi connectivity index (χ2n) is 4.21. The molecule has 1 aliphatic rings. The van der Waals surface area contributed by atoms with Crippen molar-refractivity contribution in [1.82, 2.24) is 15.3 Å². The molecule has 0 radical (unpaired) electrons. The number of anilines is 2. The van der Waals surface area contributed by atoms with Gasteiger partial charge in [-0.2, -0.15) is 0 Å². The summed E-state index contributed by atoms with van der Waals surface area (Å²) >= 11 is 0. The standard InChI is InChI=1S/C11H17N5O/c1-12-9-5-10(14-7-13-9)16(2)6-11(17)15-8-3-4-8/h5,7-8H,3-4,6H2,1-2H3,(H,15,17)(H,12,13,14). The molecule has 0 aliphatic heterocycles. The largest absolute Gasteiger partial charge is 0.373 e. The first-order valence-corrected chi connectivity index (χ1v) is 5.69. The third-order valence-corrected chi connectivity index (χ3v) is 2.62. The molecule has 1 aromatic heterocycles. The van der Waals surface area contributed by atoms with Gasteiger partial charge in [0.05, 0.1) is 6.54 Å². The molecule has 0 saturated heterocycles. The van der Waals surface area contributed by atoms with Gasteiger partial charge in [0.15, 0.2) is 0 Å². The summed E-state index contributed by atoms with van der Waals surface area (Å²) in [5.74, 6) is 1.51. The van der Waals surface area contributed by atoms with Crippen molar-refractivity contribution in [2.24, 2.45) is 0 Å². The van der Waals surface area contributed by atoms with Crippen LogP contribution in [0.15, 0.2) is 12.4 Å². The van der Waals surface area contributed by atoms with Crippen LogP contribution < -0.4 is 15.5 Å². The topological polar surface area (TPSA) is 70.2 Å². The van der Waals surface area contributed by atoms with E-state index in [1.165, 1.54) is 6.33 Å². The van der Waals surface area contributed by atoms with Gasteiger partial charge in [0.2, 0.25) is 5.91 Å². The zero-order valence-electron chi connectivity index (χ0n) is 10.1. The maximum absolute atomic E-state index is 11.6. The van der Waals surface area contributed by atoms with Gasteiger partial charge in [-0.05, 0) is 12.8 Å². The number of carbonyl (C=O) groups is 1. The molecule has 1 aromatic rings. The minimum absolute atomic E-state index is 0.0413. The van der Waals surface area contributed by atoms with Crippen molar-refractivity contribution >= 4 is 17.5 Å². The fourth-order valence-electron chi connectivity index (χ4n) is 1.49. The van der Waals surface area contributed by atoms with E-state index in [1.54, 1.807) is 11.9 Å². The molecule has 1 amide bonds. The predicted molar refractivity (Wildman–Crippen MR) is 66.0 cm³/mol. The van der Waals surface area contributed by atoms with Crippen molar-refractivity contribution in [3.63, 3.8) is 0 Å². The lowest BCUT2D eigenvalue weighted by Gasteiger charge is -2.17. The number of nitrogens with one attached hydrogen (secondary N) is 2. The smallest absolute Gasteiger partial charge is 0.239 e. The monoisotopic (exact) mass is 235 g/mol. The molecule has 2 rings (SSSR count). The number of aromatic nitrogens is 2. The molecule has 0 aromatic carbocycles. The van der Waals surface area contributed by atoms with E-state index in [-0.39, 0.29) is 5.91 Å². The quantitative estimate of drug-likeness (QED) is 0.764. The molecular formula is C11H17N5O. The second-order valence-corrected chi connectivity index (χ2v) is 4.21. The van der Waals surface area contributed by atoms with Crippen LogP contribution in [0.25, 0.3) is 0 Å². The average molecular weight is 235 g/mol. The van der Waals surface area contributed by atoms with Crippen LogP contribution in [0.4, 0.5) is 11.6 Å². The minimum atomic E-state index is 0.0413. The fourth-order valence-corrected chi connectivity index (χ4v) is 1.49. The van der Waals surface area contributed by atoms with E-state index in [9.17, 15) is 4.79 Å². The van der Waals surface area contributed by atoms with Crippen molar-refractivity contribution in [3.05, 3.63) is 12.4 Å². The molecule has 0 unspecified atom stereocenters. The molecule has 1 fully saturated rings. The lowest BCUT2D eigenvalue weighted by atomic mass is 10.4. The Bertz CT molecular complexity index is 405. The highest BCUT2D eigenvalue weighted by Crippen LogP contribution is 2.18. The van der Waals surface area contributed by atoms with Crippen molar-refractivity contribution in [2.75, 3.05) is 30.9 Å². The Morgan fingerprint density at radius 2 is 2.29 bits per heavy atom. The molecule has 6 heteroatoms. The third kappa shape index (κ3) is 3.30. The van der Waals surface area contributed by atoms with Crippen molar-refractivity contribution in [2.45, 2.75) is 18.9 Å². The Morgan fingerprint density at radius 3 is 2.94 bits per heavy atom. The Kier molecular flexibility index (Phi) is 3.41. The molecule has 6 nitrogen and oxygen atoms in total. The first kappa shape index (κ1) is 11.6. The summed E-state index contributed by atoms with van der Waals surface area (Å²) in [4.78, 5) is 21.6. The molecule has 17 heavy (non-hydrogen) atoms. The zero-order chi connectivity index (χ0) is 12.3. The Morgan fingerprint density at radius 1 is 1.53 bits per heavy atom. The molecule has 1 saturated carbocycles. The summed E-state index contributed by atoms with van der Waals surface area (Å²) < 4.78 is 0. The minimum Gasteiger partial charge on any atom is -0.373 e. The Labute approximate surface area is 100 Å². The van der Waals surface area contributed by atoms with Gasteiger partial charge in [-0.25, -0.2) is 9.97 Å². The highest BCUT2D eigenvalue weighted by Gasteiger charge is 2.23. The van der Waals surface area contributed by atoms with Gasteiger partial charge in [-0.1, -0.05) is 0 Å².